The Morgan fingerprint density at radius 1 is 1.07 bits per heavy atom. The first-order chi connectivity index (χ1) is 13.1. The zero-order chi connectivity index (χ0) is 19.5. The molecule has 5 nitrogen and oxygen atoms in total. The van der Waals surface area contributed by atoms with Gasteiger partial charge in [0, 0.05) is 0 Å². The Kier molecular flexibility index (Phi) is 8.55. The third kappa shape index (κ3) is 7.25. The minimum absolute atomic E-state index is 0.179. The Balaban J connectivity index is 1.74. The Bertz CT molecular complexity index is 707. The van der Waals surface area contributed by atoms with Crippen molar-refractivity contribution >= 4 is 5.97 Å². The molecule has 1 N–H and O–H groups in total. The van der Waals surface area contributed by atoms with Gasteiger partial charge >= 0.3 is 5.97 Å². The topological polar surface area (TPSA) is 65.0 Å². The molecule has 27 heavy (non-hydrogen) atoms. The summed E-state index contributed by atoms with van der Waals surface area (Å²) in [4.78, 5) is 11.8. The molecule has 0 spiro atoms. The Labute approximate surface area is 160 Å². The number of hydrogen-bond donors (Lipinski definition) is 1. The van der Waals surface area contributed by atoms with Crippen molar-refractivity contribution < 1.29 is 24.1 Å². The summed E-state index contributed by atoms with van der Waals surface area (Å²) >= 11 is 0. The fraction of sp³-hybridized carbons (Fsp3) is 0.318. The van der Waals surface area contributed by atoms with Gasteiger partial charge < -0.3 is 19.3 Å². The van der Waals surface area contributed by atoms with E-state index in [1.54, 1.807) is 44.4 Å². The van der Waals surface area contributed by atoms with Crippen LogP contribution < -0.4 is 4.74 Å². The highest BCUT2D eigenvalue weighted by molar-refractivity contribution is 5.89. The summed E-state index contributed by atoms with van der Waals surface area (Å²) < 4.78 is 16.1. The Morgan fingerprint density at radius 3 is 2.41 bits per heavy atom. The zero-order valence-corrected chi connectivity index (χ0v) is 15.7. The highest BCUT2D eigenvalue weighted by Crippen LogP contribution is 2.14. The zero-order valence-electron chi connectivity index (χ0n) is 15.7. The molecular weight excluding hydrogens is 344 g/mol. The van der Waals surface area contributed by atoms with E-state index in [9.17, 15) is 9.90 Å². The first-order valence-electron chi connectivity index (χ1n) is 8.90. The van der Waals surface area contributed by atoms with Crippen molar-refractivity contribution in [2.75, 3.05) is 13.7 Å². The fourth-order valence-corrected chi connectivity index (χ4v) is 2.41. The van der Waals surface area contributed by atoms with Crippen LogP contribution in [-0.2, 0) is 16.1 Å². The van der Waals surface area contributed by atoms with Crippen molar-refractivity contribution in [3.8, 4) is 5.75 Å². The maximum Gasteiger partial charge on any atom is 0.338 e. The predicted molar refractivity (Wildman–Crippen MR) is 104 cm³/mol. The van der Waals surface area contributed by atoms with Gasteiger partial charge in [0.05, 0.1) is 31.5 Å². The molecule has 0 amide bonds. The van der Waals surface area contributed by atoms with Crippen LogP contribution in [0.1, 0.15) is 29.3 Å². The molecule has 0 saturated heterocycles. The molecule has 0 heterocycles. The molecule has 0 aliphatic carbocycles. The van der Waals surface area contributed by atoms with Gasteiger partial charge in [0.15, 0.2) is 0 Å². The average Bonchev–Trinajstić information content (AvgIpc) is 2.70. The van der Waals surface area contributed by atoms with Crippen molar-refractivity contribution in [2.45, 2.75) is 32.2 Å². The smallest absolute Gasteiger partial charge is 0.338 e. The minimum atomic E-state index is -0.611. The highest BCUT2D eigenvalue weighted by Gasteiger charge is 2.14. The van der Waals surface area contributed by atoms with E-state index in [-0.39, 0.29) is 18.7 Å². The number of hydrogen-bond acceptors (Lipinski definition) is 5. The van der Waals surface area contributed by atoms with Gasteiger partial charge in [-0.05, 0) is 43.2 Å². The number of ether oxygens (including phenoxy) is 3. The summed E-state index contributed by atoms with van der Waals surface area (Å²) in [6.07, 6.45) is 3.18. The van der Waals surface area contributed by atoms with Gasteiger partial charge in [0.1, 0.15) is 12.4 Å². The molecule has 0 radical (unpaired) electrons. The highest BCUT2D eigenvalue weighted by atomic mass is 16.5. The molecule has 2 aromatic rings. The number of aliphatic hydroxyl groups is 1. The fourth-order valence-electron chi connectivity index (χ4n) is 2.41. The first-order valence-corrected chi connectivity index (χ1v) is 8.90. The van der Waals surface area contributed by atoms with E-state index < -0.39 is 6.10 Å². The number of aliphatic hydroxyl groups excluding tert-OH is 1. The SMILES string of the molecule is COc1ccc(CO[C@@H](C/C=C/COC(=O)c2ccccc2)[C@H](C)O)cc1. The van der Waals surface area contributed by atoms with Gasteiger partial charge in [-0.3, -0.25) is 0 Å². The van der Waals surface area contributed by atoms with Crippen molar-refractivity contribution in [1.29, 1.82) is 0 Å². The molecule has 0 saturated carbocycles. The molecule has 0 aliphatic heterocycles. The van der Waals surface area contributed by atoms with Crippen LogP contribution in [0.2, 0.25) is 0 Å². The molecule has 0 aliphatic rings. The summed E-state index contributed by atoms with van der Waals surface area (Å²) in [6, 6.07) is 16.4. The van der Waals surface area contributed by atoms with Crippen LogP contribution in [0.4, 0.5) is 0 Å². The number of benzene rings is 2. The molecule has 0 aromatic heterocycles. The van der Waals surface area contributed by atoms with Gasteiger partial charge in [-0.25, -0.2) is 4.79 Å². The Hall–Kier alpha value is -2.63. The van der Waals surface area contributed by atoms with E-state index in [4.69, 9.17) is 14.2 Å². The van der Waals surface area contributed by atoms with E-state index >= 15 is 0 Å². The van der Waals surface area contributed by atoms with E-state index in [1.165, 1.54) is 0 Å². The van der Waals surface area contributed by atoms with Gasteiger partial charge in [0.2, 0.25) is 0 Å². The lowest BCUT2D eigenvalue weighted by atomic mass is 10.1. The summed E-state index contributed by atoms with van der Waals surface area (Å²) in [5, 5.41) is 9.90. The molecule has 0 fully saturated rings. The van der Waals surface area contributed by atoms with Gasteiger partial charge in [-0.15, -0.1) is 0 Å². The summed E-state index contributed by atoms with van der Waals surface area (Å²) in [7, 11) is 1.62. The van der Waals surface area contributed by atoms with Crippen LogP contribution in [0.15, 0.2) is 66.7 Å². The summed E-state index contributed by atoms with van der Waals surface area (Å²) in [6.45, 7) is 2.27. The summed E-state index contributed by atoms with van der Waals surface area (Å²) in [5.41, 5.74) is 1.53. The number of carbonyl (C=O) groups is 1. The molecule has 144 valence electrons. The lowest BCUT2D eigenvalue weighted by molar-refractivity contribution is -0.0359. The van der Waals surface area contributed by atoms with E-state index in [0.29, 0.717) is 18.6 Å². The number of carbonyl (C=O) groups excluding carboxylic acids is 1. The molecule has 2 aromatic carbocycles. The molecule has 2 rings (SSSR count). The lowest BCUT2D eigenvalue weighted by Gasteiger charge is -2.19. The molecule has 2 atom stereocenters. The molecule has 0 bridgehead atoms. The average molecular weight is 370 g/mol. The van der Waals surface area contributed by atoms with E-state index in [0.717, 1.165) is 11.3 Å². The van der Waals surface area contributed by atoms with Gasteiger partial charge in [-0.2, -0.15) is 0 Å². The van der Waals surface area contributed by atoms with Crippen LogP contribution in [0, 0.1) is 0 Å². The maximum absolute atomic E-state index is 11.8. The first kappa shape index (κ1) is 20.7. The van der Waals surface area contributed by atoms with Crippen molar-refractivity contribution in [1.82, 2.24) is 0 Å². The third-order valence-corrected chi connectivity index (χ3v) is 4.02. The number of esters is 1. The van der Waals surface area contributed by atoms with Crippen LogP contribution in [0.3, 0.4) is 0 Å². The quantitative estimate of drug-likeness (QED) is 0.509. The second-order valence-electron chi connectivity index (χ2n) is 6.11. The second-order valence-corrected chi connectivity index (χ2v) is 6.11. The van der Waals surface area contributed by atoms with Crippen molar-refractivity contribution in [2.24, 2.45) is 0 Å². The van der Waals surface area contributed by atoms with Crippen molar-refractivity contribution in [3.05, 3.63) is 77.9 Å². The Morgan fingerprint density at radius 2 is 1.78 bits per heavy atom. The normalized spacial score (nSPS) is 13.3. The maximum atomic E-state index is 11.8. The number of rotatable bonds is 10. The van der Waals surface area contributed by atoms with Gasteiger partial charge in [-0.1, -0.05) is 42.5 Å². The third-order valence-electron chi connectivity index (χ3n) is 4.02. The van der Waals surface area contributed by atoms with Crippen molar-refractivity contribution in [3.63, 3.8) is 0 Å². The minimum Gasteiger partial charge on any atom is -0.497 e. The summed E-state index contributed by atoms with van der Waals surface area (Å²) in [5.74, 6) is 0.432. The molecule has 5 heteroatoms. The van der Waals surface area contributed by atoms with E-state index in [2.05, 4.69) is 0 Å². The van der Waals surface area contributed by atoms with Gasteiger partial charge in [0.25, 0.3) is 0 Å². The largest absolute Gasteiger partial charge is 0.497 e. The number of methoxy groups -OCH3 is 1. The van der Waals surface area contributed by atoms with Crippen LogP contribution in [-0.4, -0.2) is 37.0 Å². The lowest BCUT2D eigenvalue weighted by Crippen LogP contribution is -2.25. The standard InChI is InChI=1S/C22H26O5/c1-17(23)21(27-16-18-11-13-20(25-2)14-12-18)10-6-7-15-26-22(24)19-8-4-3-5-9-19/h3-9,11-14,17,21,23H,10,15-16H2,1-2H3/b7-6+/t17-,21-/m0/s1. The van der Waals surface area contributed by atoms with E-state index in [1.807, 2.05) is 36.4 Å². The molecular formula is C22H26O5. The monoisotopic (exact) mass is 370 g/mol. The predicted octanol–water partition coefficient (Wildman–Crippen LogP) is 3.76. The molecule has 0 unspecified atom stereocenters. The second kappa shape index (κ2) is 11.2. The van der Waals surface area contributed by atoms with Crippen LogP contribution in [0.5, 0.6) is 5.75 Å². The van der Waals surface area contributed by atoms with Crippen LogP contribution in [0.25, 0.3) is 0 Å². The van der Waals surface area contributed by atoms with Crippen LogP contribution >= 0.6 is 0 Å².